The van der Waals surface area contributed by atoms with Crippen molar-refractivity contribution in [2.24, 2.45) is 0 Å². The Morgan fingerprint density at radius 3 is 2.04 bits per heavy atom. The van der Waals surface area contributed by atoms with E-state index in [0.717, 1.165) is 22.3 Å². The van der Waals surface area contributed by atoms with Gasteiger partial charge in [0.05, 0.1) is 0 Å². The molecule has 0 bridgehead atoms. The second-order valence-corrected chi connectivity index (χ2v) is 6.35. The van der Waals surface area contributed by atoms with E-state index in [2.05, 4.69) is 12.1 Å². The van der Waals surface area contributed by atoms with Crippen LogP contribution < -0.4 is 0 Å². The minimum absolute atomic E-state index is 0.0543. The maximum atomic E-state index is 11.9. The van der Waals surface area contributed by atoms with Crippen molar-refractivity contribution >= 4 is 12.1 Å². The molecule has 0 spiro atoms. The van der Waals surface area contributed by atoms with E-state index >= 15 is 0 Å². The van der Waals surface area contributed by atoms with Crippen molar-refractivity contribution in [1.82, 2.24) is 4.90 Å². The van der Waals surface area contributed by atoms with E-state index in [4.69, 9.17) is 9.47 Å². The number of nitrogens with zero attached hydrogens (tertiary/aromatic N) is 1. The van der Waals surface area contributed by atoms with Gasteiger partial charge < -0.3 is 9.47 Å². The zero-order valence-electron chi connectivity index (χ0n) is 14.6. The molecule has 3 rings (SSSR count). The molecular weight excluding hydrogens is 318 g/mol. The summed E-state index contributed by atoms with van der Waals surface area (Å²) < 4.78 is 10.0. The number of hydrogen-bond acceptors (Lipinski definition) is 5. The smallest absolute Gasteiger partial charge is 0.433 e. The first-order valence-electron chi connectivity index (χ1n) is 8.22. The van der Waals surface area contributed by atoms with Crippen LogP contribution in [0.15, 0.2) is 48.5 Å². The highest BCUT2D eigenvalue weighted by molar-refractivity contribution is 5.85. The molecule has 130 valence electrons. The molecule has 2 aromatic rings. The molecule has 5 nitrogen and oxygen atoms in total. The molecule has 1 unspecified atom stereocenters. The molecule has 0 aromatic heterocycles. The standard InChI is InChI=1S/C20H21NO4/c1-13(21(2)3)19(22)25-20(23)24-12-18-16-10-6-4-8-14(16)15-9-5-7-11-17(15)18/h4-11,13,18H,12H2,1-3H3. The fourth-order valence-electron chi connectivity index (χ4n) is 3.00. The molecule has 25 heavy (non-hydrogen) atoms. The van der Waals surface area contributed by atoms with E-state index in [-0.39, 0.29) is 12.5 Å². The molecular formula is C20H21NO4. The summed E-state index contributed by atoms with van der Waals surface area (Å²) in [5.74, 6) is -0.677. The van der Waals surface area contributed by atoms with Crippen LogP contribution >= 0.6 is 0 Å². The van der Waals surface area contributed by atoms with Gasteiger partial charge in [0.2, 0.25) is 0 Å². The fourth-order valence-corrected chi connectivity index (χ4v) is 3.00. The molecule has 1 aliphatic carbocycles. The second kappa shape index (κ2) is 7.07. The van der Waals surface area contributed by atoms with Crippen LogP contribution in [0.2, 0.25) is 0 Å². The summed E-state index contributed by atoms with van der Waals surface area (Å²) >= 11 is 0. The van der Waals surface area contributed by atoms with Gasteiger partial charge in [-0.05, 0) is 43.3 Å². The van der Waals surface area contributed by atoms with Crippen molar-refractivity contribution in [3.05, 3.63) is 59.7 Å². The molecule has 0 amide bonds. The predicted octanol–water partition coefficient (Wildman–Crippen LogP) is 3.43. The average molecular weight is 339 g/mol. The molecule has 1 aliphatic rings. The topological polar surface area (TPSA) is 55.8 Å². The lowest BCUT2D eigenvalue weighted by atomic mass is 9.98. The molecule has 0 saturated heterocycles. The fraction of sp³-hybridized carbons (Fsp3) is 0.300. The quantitative estimate of drug-likeness (QED) is 0.631. The summed E-state index contributed by atoms with van der Waals surface area (Å²) in [5.41, 5.74) is 4.53. The SMILES string of the molecule is CC(C(=O)OC(=O)OCC1c2ccccc2-c2ccccc21)N(C)C. The third-order valence-electron chi connectivity index (χ3n) is 4.63. The Morgan fingerprint density at radius 1 is 1.00 bits per heavy atom. The lowest BCUT2D eigenvalue weighted by molar-refractivity contribution is -0.144. The Bertz CT molecular complexity index is 754. The first-order chi connectivity index (χ1) is 12.0. The Kier molecular flexibility index (Phi) is 4.86. The number of ether oxygens (including phenoxy) is 2. The lowest BCUT2D eigenvalue weighted by Gasteiger charge is -2.18. The first kappa shape index (κ1) is 17.2. The van der Waals surface area contributed by atoms with Gasteiger partial charge in [-0.25, -0.2) is 9.59 Å². The molecule has 0 N–H and O–H groups in total. The monoisotopic (exact) mass is 339 g/mol. The Balaban J connectivity index is 1.70. The van der Waals surface area contributed by atoms with Crippen LogP contribution in [0.3, 0.4) is 0 Å². The van der Waals surface area contributed by atoms with Gasteiger partial charge in [0.25, 0.3) is 0 Å². The number of rotatable bonds is 4. The summed E-state index contributed by atoms with van der Waals surface area (Å²) in [5, 5.41) is 0. The molecule has 0 radical (unpaired) electrons. The van der Waals surface area contributed by atoms with Crippen LogP contribution in [0.4, 0.5) is 4.79 Å². The molecule has 0 saturated carbocycles. The maximum absolute atomic E-state index is 11.9. The minimum Gasteiger partial charge on any atom is -0.433 e. The molecule has 5 heteroatoms. The number of carbonyl (C=O) groups is 2. The van der Waals surface area contributed by atoms with E-state index < -0.39 is 18.2 Å². The predicted molar refractivity (Wildman–Crippen MR) is 94.3 cm³/mol. The zero-order chi connectivity index (χ0) is 18.0. The molecule has 0 heterocycles. The van der Waals surface area contributed by atoms with Gasteiger partial charge in [0.1, 0.15) is 12.6 Å². The number of fused-ring (bicyclic) bond motifs is 3. The highest BCUT2D eigenvalue weighted by Gasteiger charge is 2.30. The molecule has 0 fully saturated rings. The summed E-state index contributed by atoms with van der Waals surface area (Å²) in [6.45, 7) is 1.80. The zero-order valence-corrected chi connectivity index (χ0v) is 14.6. The van der Waals surface area contributed by atoms with Crippen molar-refractivity contribution in [3.63, 3.8) is 0 Å². The Labute approximate surface area is 147 Å². The number of esters is 1. The van der Waals surface area contributed by atoms with Gasteiger partial charge in [-0.3, -0.25) is 4.90 Å². The third kappa shape index (κ3) is 3.42. The number of carbonyl (C=O) groups excluding carboxylic acids is 2. The van der Waals surface area contributed by atoms with Gasteiger partial charge >= 0.3 is 12.1 Å². The number of hydrogen-bond donors (Lipinski definition) is 0. The summed E-state index contributed by atoms with van der Waals surface area (Å²) in [7, 11) is 3.48. The molecule has 0 aliphatic heterocycles. The van der Waals surface area contributed by atoms with Gasteiger partial charge in [0.15, 0.2) is 0 Å². The van der Waals surface area contributed by atoms with E-state index in [9.17, 15) is 9.59 Å². The van der Waals surface area contributed by atoms with Crippen molar-refractivity contribution in [1.29, 1.82) is 0 Å². The van der Waals surface area contributed by atoms with Crippen molar-refractivity contribution in [2.75, 3.05) is 20.7 Å². The van der Waals surface area contributed by atoms with Crippen LogP contribution in [0, 0.1) is 0 Å². The average Bonchev–Trinajstić information content (AvgIpc) is 2.93. The highest BCUT2D eigenvalue weighted by atomic mass is 16.7. The lowest BCUT2D eigenvalue weighted by Crippen LogP contribution is -2.35. The van der Waals surface area contributed by atoms with Gasteiger partial charge in [0, 0.05) is 5.92 Å². The second-order valence-electron chi connectivity index (χ2n) is 6.35. The van der Waals surface area contributed by atoms with E-state index in [1.165, 1.54) is 0 Å². The summed E-state index contributed by atoms with van der Waals surface area (Å²) in [4.78, 5) is 25.4. The van der Waals surface area contributed by atoms with Gasteiger partial charge in [-0.2, -0.15) is 0 Å². The van der Waals surface area contributed by atoms with Crippen LogP contribution in [0.1, 0.15) is 24.0 Å². The van der Waals surface area contributed by atoms with Gasteiger partial charge in [-0.15, -0.1) is 0 Å². The van der Waals surface area contributed by atoms with Crippen LogP contribution in [-0.2, 0) is 14.3 Å². The first-order valence-corrected chi connectivity index (χ1v) is 8.22. The van der Waals surface area contributed by atoms with Gasteiger partial charge in [-0.1, -0.05) is 48.5 Å². The van der Waals surface area contributed by atoms with E-state index in [1.54, 1.807) is 25.9 Å². The largest absolute Gasteiger partial charge is 0.516 e. The molecule has 1 atom stereocenters. The highest BCUT2D eigenvalue weighted by Crippen LogP contribution is 2.44. The maximum Gasteiger partial charge on any atom is 0.516 e. The Morgan fingerprint density at radius 2 is 1.52 bits per heavy atom. The van der Waals surface area contributed by atoms with Crippen LogP contribution in [0.5, 0.6) is 0 Å². The van der Waals surface area contributed by atoms with Crippen LogP contribution in [0.25, 0.3) is 11.1 Å². The summed E-state index contributed by atoms with van der Waals surface area (Å²) in [6, 6.07) is 15.6. The third-order valence-corrected chi connectivity index (χ3v) is 4.63. The number of benzene rings is 2. The number of likely N-dealkylation sites (N-methyl/N-ethyl adjacent to an activating group) is 1. The molecule has 2 aromatic carbocycles. The van der Waals surface area contributed by atoms with E-state index in [0.29, 0.717) is 0 Å². The van der Waals surface area contributed by atoms with E-state index in [1.807, 2.05) is 36.4 Å². The van der Waals surface area contributed by atoms with Crippen molar-refractivity contribution in [3.8, 4) is 11.1 Å². The summed E-state index contributed by atoms with van der Waals surface area (Å²) in [6.07, 6.45) is -0.958. The minimum atomic E-state index is -0.958. The van der Waals surface area contributed by atoms with Crippen LogP contribution in [-0.4, -0.2) is 43.8 Å². The Hall–Kier alpha value is -2.66. The van der Waals surface area contributed by atoms with Crippen molar-refractivity contribution < 1.29 is 19.1 Å². The normalized spacial score (nSPS) is 13.9. The van der Waals surface area contributed by atoms with Crippen molar-refractivity contribution in [2.45, 2.75) is 18.9 Å².